The SMILES string of the molecule is Cl.NNC(=O)c1ccn(C(F)F)n1. The van der Waals surface area contributed by atoms with E-state index in [1.165, 1.54) is 0 Å². The Morgan fingerprint density at radius 3 is 2.69 bits per heavy atom. The van der Waals surface area contributed by atoms with Crippen LogP contribution in [0, 0.1) is 0 Å². The van der Waals surface area contributed by atoms with Crippen molar-refractivity contribution >= 4 is 18.3 Å². The summed E-state index contributed by atoms with van der Waals surface area (Å²) >= 11 is 0. The fourth-order valence-electron chi connectivity index (χ4n) is 0.642. The predicted octanol–water partition coefficient (Wildman–Crippen LogP) is 0.304. The van der Waals surface area contributed by atoms with Crippen molar-refractivity contribution in [3.05, 3.63) is 18.0 Å². The first kappa shape index (κ1) is 11.8. The number of carbonyl (C=O) groups excluding carboxylic acids is 1. The standard InChI is InChI=1S/C5H6F2N4O.ClH/c6-5(7)11-2-1-3(10-11)4(12)9-8;/h1-2,5H,8H2,(H,9,12);1H. The minimum Gasteiger partial charge on any atom is -0.289 e. The van der Waals surface area contributed by atoms with Crippen molar-refractivity contribution in [2.24, 2.45) is 5.84 Å². The Morgan fingerprint density at radius 1 is 1.69 bits per heavy atom. The normalized spacial score (nSPS) is 9.54. The molecular formula is C5H7ClF2N4O. The molecule has 0 aliphatic carbocycles. The van der Waals surface area contributed by atoms with Gasteiger partial charge in [-0.05, 0) is 6.07 Å². The van der Waals surface area contributed by atoms with Gasteiger partial charge in [0.2, 0.25) is 0 Å². The summed E-state index contributed by atoms with van der Waals surface area (Å²) in [6, 6.07) is 1.15. The molecule has 0 unspecified atom stereocenters. The van der Waals surface area contributed by atoms with Crippen LogP contribution in [0.25, 0.3) is 0 Å². The molecule has 1 heterocycles. The highest BCUT2D eigenvalue weighted by atomic mass is 35.5. The van der Waals surface area contributed by atoms with Crippen molar-refractivity contribution < 1.29 is 13.6 Å². The van der Waals surface area contributed by atoms with Gasteiger partial charge in [-0.25, -0.2) is 10.5 Å². The Balaban J connectivity index is 0.00000144. The van der Waals surface area contributed by atoms with Crippen LogP contribution in [0.3, 0.4) is 0 Å². The van der Waals surface area contributed by atoms with Gasteiger partial charge in [0.25, 0.3) is 5.91 Å². The highest BCUT2D eigenvalue weighted by molar-refractivity contribution is 5.91. The number of halogens is 3. The van der Waals surface area contributed by atoms with Gasteiger partial charge < -0.3 is 0 Å². The number of hydrogen-bond donors (Lipinski definition) is 2. The third-order valence-corrected chi connectivity index (χ3v) is 1.17. The second-order valence-corrected chi connectivity index (χ2v) is 1.93. The van der Waals surface area contributed by atoms with E-state index in [0.29, 0.717) is 4.68 Å². The summed E-state index contributed by atoms with van der Waals surface area (Å²) in [5.74, 6) is 4.05. The number of alkyl halides is 2. The Hall–Kier alpha value is -1.21. The quantitative estimate of drug-likeness (QED) is 0.421. The highest BCUT2D eigenvalue weighted by Gasteiger charge is 2.11. The van der Waals surface area contributed by atoms with Gasteiger partial charge in [-0.3, -0.25) is 10.2 Å². The largest absolute Gasteiger partial charge is 0.333 e. The first-order chi connectivity index (χ1) is 5.65. The van der Waals surface area contributed by atoms with Gasteiger partial charge in [0.05, 0.1) is 0 Å². The number of nitrogen functional groups attached to an aromatic ring is 1. The van der Waals surface area contributed by atoms with Gasteiger partial charge in [-0.15, -0.1) is 12.4 Å². The summed E-state index contributed by atoms with van der Waals surface area (Å²) in [5.41, 5.74) is 1.63. The summed E-state index contributed by atoms with van der Waals surface area (Å²) in [6.07, 6.45) is 0.995. The monoisotopic (exact) mass is 212 g/mol. The Morgan fingerprint density at radius 2 is 2.31 bits per heavy atom. The van der Waals surface area contributed by atoms with Crippen LogP contribution >= 0.6 is 12.4 Å². The Bertz CT molecular complexity index is 290. The molecule has 1 rings (SSSR count). The molecule has 0 spiro atoms. The zero-order valence-corrected chi connectivity index (χ0v) is 7.09. The van der Waals surface area contributed by atoms with E-state index in [1.807, 2.05) is 0 Å². The first-order valence-electron chi connectivity index (χ1n) is 2.99. The van der Waals surface area contributed by atoms with E-state index < -0.39 is 12.5 Å². The molecule has 74 valence electrons. The second kappa shape index (κ2) is 4.73. The second-order valence-electron chi connectivity index (χ2n) is 1.93. The van der Waals surface area contributed by atoms with Crippen LogP contribution in [0.2, 0.25) is 0 Å². The first-order valence-corrected chi connectivity index (χ1v) is 2.99. The lowest BCUT2D eigenvalue weighted by Crippen LogP contribution is -2.30. The molecule has 13 heavy (non-hydrogen) atoms. The van der Waals surface area contributed by atoms with Crippen molar-refractivity contribution in [3.8, 4) is 0 Å². The minimum atomic E-state index is -2.75. The average molecular weight is 213 g/mol. The molecule has 0 saturated heterocycles. The lowest BCUT2D eigenvalue weighted by atomic mass is 10.4. The maximum absolute atomic E-state index is 11.9. The van der Waals surface area contributed by atoms with Crippen molar-refractivity contribution in [2.75, 3.05) is 0 Å². The van der Waals surface area contributed by atoms with Gasteiger partial charge >= 0.3 is 6.55 Å². The number of nitrogens with zero attached hydrogens (tertiary/aromatic N) is 2. The van der Waals surface area contributed by atoms with Crippen LogP contribution in [0.1, 0.15) is 17.0 Å². The molecule has 1 aromatic heterocycles. The number of carbonyl (C=O) groups is 1. The Kier molecular flexibility index (Phi) is 4.29. The van der Waals surface area contributed by atoms with Crippen molar-refractivity contribution in [2.45, 2.75) is 6.55 Å². The van der Waals surface area contributed by atoms with E-state index in [4.69, 9.17) is 5.84 Å². The van der Waals surface area contributed by atoms with Crippen LogP contribution < -0.4 is 11.3 Å². The van der Waals surface area contributed by atoms with E-state index in [9.17, 15) is 13.6 Å². The van der Waals surface area contributed by atoms with Crippen LogP contribution in [0.15, 0.2) is 12.3 Å². The molecule has 0 saturated carbocycles. The molecule has 0 radical (unpaired) electrons. The summed E-state index contributed by atoms with van der Waals surface area (Å²) < 4.78 is 24.1. The van der Waals surface area contributed by atoms with Crippen LogP contribution in [-0.4, -0.2) is 15.7 Å². The van der Waals surface area contributed by atoms with E-state index in [2.05, 4.69) is 5.10 Å². The molecule has 0 atom stereocenters. The number of hydrogen-bond acceptors (Lipinski definition) is 3. The predicted molar refractivity (Wildman–Crippen MR) is 42.4 cm³/mol. The fourth-order valence-corrected chi connectivity index (χ4v) is 0.642. The molecule has 3 N–H and O–H groups in total. The van der Waals surface area contributed by atoms with Crippen molar-refractivity contribution in [1.29, 1.82) is 0 Å². The number of aromatic nitrogens is 2. The zero-order valence-electron chi connectivity index (χ0n) is 6.28. The van der Waals surface area contributed by atoms with Gasteiger partial charge in [0.1, 0.15) is 0 Å². The van der Waals surface area contributed by atoms with Gasteiger partial charge in [-0.1, -0.05) is 0 Å². The molecule has 1 aromatic rings. The van der Waals surface area contributed by atoms with Gasteiger partial charge in [-0.2, -0.15) is 13.9 Å². The van der Waals surface area contributed by atoms with E-state index >= 15 is 0 Å². The molecule has 0 aliphatic rings. The van der Waals surface area contributed by atoms with Crippen LogP contribution in [0.5, 0.6) is 0 Å². The lowest BCUT2D eigenvalue weighted by molar-refractivity contribution is 0.0560. The summed E-state index contributed by atoms with van der Waals surface area (Å²) in [5, 5.41) is 3.26. The van der Waals surface area contributed by atoms with Gasteiger partial charge in [0, 0.05) is 6.20 Å². The van der Waals surface area contributed by atoms with E-state index in [0.717, 1.165) is 12.3 Å². The molecule has 5 nitrogen and oxygen atoms in total. The number of nitrogens with one attached hydrogen (secondary N) is 1. The topological polar surface area (TPSA) is 72.9 Å². The zero-order chi connectivity index (χ0) is 9.14. The maximum Gasteiger partial charge on any atom is 0.333 e. The van der Waals surface area contributed by atoms with Crippen molar-refractivity contribution in [3.63, 3.8) is 0 Å². The number of hydrazine groups is 1. The smallest absolute Gasteiger partial charge is 0.289 e. The number of rotatable bonds is 2. The van der Waals surface area contributed by atoms with Gasteiger partial charge in [0.15, 0.2) is 5.69 Å². The van der Waals surface area contributed by atoms with Crippen LogP contribution in [0.4, 0.5) is 8.78 Å². The Labute approximate surface area is 78.3 Å². The minimum absolute atomic E-state index is 0. The molecule has 1 amide bonds. The summed E-state index contributed by atoms with van der Waals surface area (Å²) in [7, 11) is 0. The highest BCUT2D eigenvalue weighted by Crippen LogP contribution is 2.08. The molecule has 0 aliphatic heterocycles. The molecule has 8 heteroatoms. The van der Waals surface area contributed by atoms with E-state index in [-0.39, 0.29) is 18.1 Å². The average Bonchev–Trinajstić information content (AvgIpc) is 2.51. The molecule has 0 bridgehead atoms. The number of amides is 1. The summed E-state index contributed by atoms with van der Waals surface area (Å²) in [4.78, 5) is 10.7. The van der Waals surface area contributed by atoms with E-state index in [1.54, 1.807) is 5.43 Å². The maximum atomic E-state index is 11.9. The number of nitrogens with two attached hydrogens (primary N) is 1. The molecular weight excluding hydrogens is 206 g/mol. The summed E-state index contributed by atoms with van der Waals surface area (Å²) in [6.45, 7) is -2.75. The third kappa shape index (κ3) is 2.63. The molecule has 0 fully saturated rings. The lowest BCUT2D eigenvalue weighted by Gasteiger charge is -1.96. The third-order valence-electron chi connectivity index (χ3n) is 1.17. The fraction of sp³-hybridized carbons (Fsp3) is 0.200. The molecule has 0 aromatic carbocycles. The van der Waals surface area contributed by atoms with Crippen molar-refractivity contribution in [1.82, 2.24) is 15.2 Å². The van der Waals surface area contributed by atoms with Crippen LogP contribution in [-0.2, 0) is 0 Å².